The van der Waals surface area contributed by atoms with Crippen LogP contribution >= 0.6 is 0 Å². The van der Waals surface area contributed by atoms with E-state index in [0.717, 1.165) is 4.31 Å². The number of carbonyl (C=O) groups excluding carboxylic acids is 1. The molecule has 21 heavy (non-hydrogen) atoms. The lowest BCUT2D eigenvalue weighted by atomic mass is 10.4. The maximum absolute atomic E-state index is 12.7. The number of aromatic nitrogens is 2. The summed E-state index contributed by atoms with van der Waals surface area (Å²) in [6.45, 7) is 0.414. The number of rotatable bonds is 2. The number of hydrogen-bond donors (Lipinski definition) is 1. The second-order valence-electron chi connectivity index (χ2n) is 4.88. The van der Waals surface area contributed by atoms with Gasteiger partial charge in [0.05, 0.1) is 6.54 Å². The van der Waals surface area contributed by atoms with Crippen molar-refractivity contribution in [2.45, 2.75) is 5.03 Å². The van der Waals surface area contributed by atoms with Gasteiger partial charge in [-0.15, -0.1) is 0 Å². The first-order valence-corrected chi connectivity index (χ1v) is 7.82. The highest BCUT2D eigenvalue weighted by Crippen LogP contribution is 2.24. The quantitative estimate of drug-likeness (QED) is 0.796. The third-order valence-corrected chi connectivity index (χ3v) is 5.40. The van der Waals surface area contributed by atoms with Gasteiger partial charge in [-0.25, -0.2) is 13.4 Å². The van der Waals surface area contributed by atoms with Crippen LogP contribution in [0.15, 0.2) is 29.4 Å². The van der Waals surface area contributed by atoms with Gasteiger partial charge in [0, 0.05) is 26.3 Å². The fourth-order valence-electron chi connectivity index (χ4n) is 2.31. The van der Waals surface area contributed by atoms with Gasteiger partial charge in [-0.3, -0.25) is 9.20 Å². The number of nitrogens with zero attached hydrogens (tertiary/aromatic N) is 4. The summed E-state index contributed by atoms with van der Waals surface area (Å²) in [5, 5.41) is -0.0875. The van der Waals surface area contributed by atoms with Crippen molar-refractivity contribution in [3.63, 3.8) is 0 Å². The Bertz CT molecular complexity index is 813. The van der Waals surface area contributed by atoms with Crippen molar-refractivity contribution in [2.24, 2.45) is 0 Å². The Morgan fingerprint density at radius 3 is 2.76 bits per heavy atom. The summed E-state index contributed by atoms with van der Waals surface area (Å²) in [5.41, 5.74) is 6.23. The molecular formula is C12H15N5O3S. The number of imidazole rings is 1. The van der Waals surface area contributed by atoms with E-state index >= 15 is 0 Å². The Balaban J connectivity index is 2.09. The molecule has 0 spiro atoms. The summed E-state index contributed by atoms with van der Waals surface area (Å²) in [5.74, 6) is -0.301. The molecule has 1 aliphatic heterocycles. The number of fused-ring (bicyclic) bond motifs is 1. The first-order chi connectivity index (χ1) is 9.91. The zero-order valence-electron chi connectivity index (χ0n) is 11.4. The first-order valence-electron chi connectivity index (χ1n) is 6.38. The highest BCUT2D eigenvalue weighted by molar-refractivity contribution is 7.89. The third-order valence-electron chi connectivity index (χ3n) is 3.52. The van der Waals surface area contributed by atoms with Crippen LogP contribution in [0.3, 0.4) is 0 Å². The van der Waals surface area contributed by atoms with Gasteiger partial charge in [0.1, 0.15) is 5.65 Å². The lowest BCUT2D eigenvalue weighted by molar-refractivity contribution is -0.132. The Labute approximate surface area is 121 Å². The predicted octanol–water partition coefficient (Wildman–Crippen LogP) is -0.621. The molecule has 0 aromatic carbocycles. The summed E-state index contributed by atoms with van der Waals surface area (Å²) in [6, 6.07) is 5.12. The number of hydrogen-bond acceptors (Lipinski definition) is 5. The van der Waals surface area contributed by atoms with Gasteiger partial charge in [0.25, 0.3) is 10.0 Å². The normalized spacial score (nSPS) is 17.6. The molecule has 0 radical (unpaired) electrons. The number of carbonyl (C=O) groups is 1. The van der Waals surface area contributed by atoms with Gasteiger partial charge in [0.15, 0.2) is 10.8 Å². The molecule has 3 rings (SSSR count). The predicted molar refractivity (Wildman–Crippen MR) is 76.0 cm³/mol. The number of anilines is 1. The molecule has 0 aliphatic carbocycles. The Morgan fingerprint density at radius 2 is 2.05 bits per heavy atom. The van der Waals surface area contributed by atoms with Crippen molar-refractivity contribution in [1.82, 2.24) is 18.6 Å². The molecule has 1 fully saturated rings. The van der Waals surface area contributed by atoms with E-state index in [1.165, 1.54) is 9.30 Å². The van der Waals surface area contributed by atoms with Crippen LogP contribution in [0.1, 0.15) is 0 Å². The number of sulfonamides is 1. The third kappa shape index (κ3) is 2.14. The lowest BCUT2D eigenvalue weighted by Gasteiger charge is -2.30. The van der Waals surface area contributed by atoms with Crippen LogP contribution in [0, 0.1) is 0 Å². The molecule has 2 aromatic heterocycles. The Morgan fingerprint density at radius 1 is 1.29 bits per heavy atom. The smallest absolute Gasteiger partial charge is 0.263 e. The zero-order valence-corrected chi connectivity index (χ0v) is 12.2. The van der Waals surface area contributed by atoms with Gasteiger partial charge in [-0.2, -0.15) is 4.31 Å². The SMILES string of the molecule is CN1CCN(S(=O)(=O)c2c(N)nc3ccccn23)CC1=O. The average molecular weight is 309 g/mol. The Kier molecular flexibility index (Phi) is 3.10. The molecule has 0 saturated carbocycles. The minimum Gasteiger partial charge on any atom is -0.381 e. The van der Waals surface area contributed by atoms with Crippen molar-refractivity contribution in [2.75, 3.05) is 32.4 Å². The van der Waals surface area contributed by atoms with Crippen molar-refractivity contribution < 1.29 is 13.2 Å². The second-order valence-corrected chi connectivity index (χ2v) is 6.74. The van der Waals surface area contributed by atoms with E-state index in [-0.39, 0.29) is 29.8 Å². The van der Waals surface area contributed by atoms with E-state index in [4.69, 9.17) is 5.73 Å². The zero-order chi connectivity index (χ0) is 15.2. The van der Waals surface area contributed by atoms with Gasteiger partial charge >= 0.3 is 0 Å². The molecule has 0 bridgehead atoms. The van der Waals surface area contributed by atoms with Crippen LogP contribution < -0.4 is 5.73 Å². The largest absolute Gasteiger partial charge is 0.381 e. The van der Waals surface area contributed by atoms with Crippen LogP contribution in [0.5, 0.6) is 0 Å². The summed E-state index contributed by atoms with van der Waals surface area (Å²) >= 11 is 0. The molecular weight excluding hydrogens is 294 g/mol. The average Bonchev–Trinajstić information content (AvgIpc) is 2.78. The van der Waals surface area contributed by atoms with Crippen molar-refractivity contribution in [3.8, 4) is 0 Å². The standard InChI is InChI=1S/C12H15N5O3S/c1-15-6-7-16(8-10(15)18)21(19,20)12-11(13)14-9-4-2-3-5-17(9)12/h2-5H,6-8,13H2,1H3. The molecule has 1 saturated heterocycles. The highest BCUT2D eigenvalue weighted by Gasteiger charge is 2.35. The maximum Gasteiger partial charge on any atom is 0.263 e. The summed E-state index contributed by atoms with van der Waals surface area (Å²) < 4.78 is 28.1. The van der Waals surface area contributed by atoms with Gasteiger partial charge < -0.3 is 10.6 Å². The highest BCUT2D eigenvalue weighted by atomic mass is 32.2. The topological polar surface area (TPSA) is 101 Å². The number of pyridine rings is 1. The van der Waals surface area contributed by atoms with Crippen LogP contribution in [0.4, 0.5) is 5.82 Å². The molecule has 112 valence electrons. The fraction of sp³-hybridized carbons (Fsp3) is 0.333. The van der Waals surface area contributed by atoms with Crippen molar-refractivity contribution >= 4 is 27.4 Å². The van der Waals surface area contributed by atoms with E-state index in [1.807, 2.05) is 0 Å². The number of nitrogens with two attached hydrogens (primary N) is 1. The van der Waals surface area contributed by atoms with Crippen LogP contribution in [-0.4, -0.2) is 59.6 Å². The lowest BCUT2D eigenvalue weighted by Crippen LogP contribution is -2.50. The molecule has 0 unspecified atom stereocenters. The van der Waals surface area contributed by atoms with E-state index in [1.54, 1.807) is 31.4 Å². The van der Waals surface area contributed by atoms with Crippen LogP contribution in [0.2, 0.25) is 0 Å². The fourth-order valence-corrected chi connectivity index (χ4v) is 3.87. The monoisotopic (exact) mass is 309 g/mol. The van der Waals surface area contributed by atoms with E-state index < -0.39 is 10.0 Å². The second kappa shape index (κ2) is 4.71. The summed E-state index contributed by atoms with van der Waals surface area (Å²) in [6.07, 6.45) is 1.59. The molecule has 8 nitrogen and oxygen atoms in total. The maximum atomic E-state index is 12.7. The minimum atomic E-state index is -3.87. The minimum absolute atomic E-state index is 0.0624. The summed E-state index contributed by atoms with van der Waals surface area (Å²) in [4.78, 5) is 17.3. The molecule has 2 aromatic rings. The van der Waals surface area contributed by atoms with E-state index in [0.29, 0.717) is 12.2 Å². The number of likely N-dealkylation sites (N-methyl/N-ethyl adjacent to an activating group) is 1. The van der Waals surface area contributed by atoms with Gasteiger partial charge in [-0.1, -0.05) is 6.07 Å². The molecule has 1 aliphatic rings. The number of amides is 1. The van der Waals surface area contributed by atoms with Gasteiger partial charge in [-0.05, 0) is 12.1 Å². The van der Waals surface area contributed by atoms with Gasteiger partial charge in [0.2, 0.25) is 5.91 Å². The molecule has 2 N–H and O–H groups in total. The molecule has 9 heteroatoms. The van der Waals surface area contributed by atoms with Crippen molar-refractivity contribution in [3.05, 3.63) is 24.4 Å². The van der Waals surface area contributed by atoms with E-state index in [9.17, 15) is 13.2 Å². The molecule has 0 atom stereocenters. The van der Waals surface area contributed by atoms with Crippen LogP contribution in [0.25, 0.3) is 5.65 Å². The van der Waals surface area contributed by atoms with Crippen LogP contribution in [-0.2, 0) is 14.8 Å². The van der Waals surface area contributed by atoms with E-state index in [2.05, 4.69) is 4.98 Å². The molecule has 1 amide bonds. The number of piperazine rings is 1. The first kappa shape index (κ1) is 13.8. The summed E-state index contributed by atoms with van der Waals surface area (Å²) in [7, 11) is -2.22. The Hall–Kier alpha value is -2.13. The number of nitrogen functional groups attached to an aromatic ring is 1. The van der Waals surface area contributed by atoms with Crippen molar-refractivity contribution in [1.29, 1.82) is 0 Å². The molecule has 3 heterocycles.